The monoisotopic (exact) mass is 618 g/mol. The summed E-state index contributed by atoms with van der Waals surface area (Å²) in [5, 5.41) is 11.2. The molecular formula is C30H67N9O4. The van der Waals surface area contributed by atoms with E-state index in [-0.39, 0.29) is 29.7 Å². The van der Waals surface area contributed by atoms with Gasteiger partial charge < -0.3 is 49.9 Å². The topological polar surface area (TPSA) is 247 Å². The third-order valence-corrected chi connectivity index (χ3v) is 6.12. The highest BCUT2D eigenvalue weighted by molar-refractivity contribution is 5.87. The van der Waals surface area contributed by atoms with Gasteiger partial charge in [0.05, 0.1) is 6.04 Å². The summed E-state index contributed by atoms with van der Waals surface area (Å²) in [6.07, 6.45) is 11.0. The lowest BCUT2D eigenvalue weighted by atomic mass is 10.1. The summed E-state index contributed by atoms with van der Waals surface area (Å²) in [6, 6.07) is -0.884. The molecule has 0 aromatic carbocycles. The molecule has 0 aromatic heterocycles. The van der Waals surface area contributed by atoms with Crippen molar-refractivity contribution in [1.82, 2.24) is 21.3 Å². The van der Waals surface area contributed by atoms with Gasteiger partial charge in [-0.3, -0.25) is 19.2 Å². The van der Waals surface area contributed by atoms with Gasteiger partial charge >= 0.3 is 0 Å². The van der Waals surface area contributed by atoms with Crippen LogP contribution in [0.5, 0.6) is 0 Å². The van der Waals surface area contributed by atoms with Crippen molar-refractivity contribution in [1.29, 1.82) is 0 Å². The van der Waals surface area contributed by atoms with Crippen molar-refractivity contribution in [3.63, 3.8) is 0 Å². The number of amides is 4. The third kappa shape index (κ3) is 34.0. The van der Waals surface area contributed by atoms with Gasteiger partial charge in [-0.05, 0) is 97.8 Å². The van der Waals surface area contributed by atoms with Gasteiger partial charge in [-0.25, -0.2) is 0 Å². The average Bonchev–Trinajstić information content (AvgIpc) is 2.98. The van der Waals surface area contributed by atoms with Crippen LogP contribution in [0, 0.1) is 0 Å². The third-order valence-electron chi connectivity index (χ3n) is 6.12. The second-order valence-electron chi connectivity index (χ2n) is 10.3. The molecule has 0 radical (unpaired) electrons. The Bertz CT molecular complexity index is 670. The second-order valence-corrected chi connectivity index (χ2v) is 10.3. The number of likely N-dealkylation sites (N-methyl/N-ethyl adjacent to an activating group) is 2. The van der Waals surface area contributed by atoms with Crippen molar-refractivity contribution in [2.75, 3.05) is 45.8 Å². The minimum atomic E-state index is -0.520. The molecule has 13 heteroatoms. The number of hydrogen-bond donors (Lipinski definition) is 9. The van der Waals surface area contributed by atoms with Crippen molar-refractivity contribution >= 4 is 23.6 Å². The van der Waals surface area contributed by atoms with E-state index in [1.165, 1.54) is 0 Å². The zero-order valence-electron chi connectivity index (χ0n) is 27.5. The molecule has 43 heavy (non-hydrogen) atoms. The molecule has 0 spiro atoms. The Morgan fingerprint density at radius 2 is 1.02 bits per heavy atom. The molecule has 2 unspecified atom stereocenters. The van der Waals surface area contributed by atoms with Crippen LogP contribution in [0.25, 0.3) is 0 Å². The SMILES string of the molecule is CCN.CCNC(=O)C(CCCCNC(=O)CCCCCN)NC(=O)CCCCCN.CCNC(=O)C(N)CCCCN. The summed E-state index contributed by atoms with van der Waals surface area (Å²) in [4.78, 5) is 47.0. The average molecular weight is 618 g/mol. The number of nitrogens with one attached hydrogen (secondary N) is 4. The predicted molar refractivity (Wildman–Crippen MR) is 177 cm³/mol. The summed E-state index contributed by atoms with van der Waals surface area (Å²) in [5.41, 5.74) is 26.6. The summed E-state index contributed by atoms with van der Waals surface area (Å²) < 4.78 is 0. The maximum atomic E-state index is 12.2. The normalized spacial score (nSPS) is 11.5. The van der Waals surface area contributed by atoms with Crippen LogP contribution >= 0.6 is 0 Å². The summed E-state index contributed by atoms with van der Waals surface area (Å²) in [7, 11) is 0. The fourth-order valence-electron chi connectivity index (χ4n) is 3.78. The Morgan fingerprint density at radius 1 is 0.558 bits per heavy atom. The van der Waals surface area contributed by atoms with Crippen LogP contribution in [-0.4, -0.2) is 81.5 Å². The molecule has 0 fully saturated rings. The molecule has 0 aromatic rings. The predicted octanol–water partition coefficient (Wildman–Crippen LogP) is 0.476. The van der Waals surface area contributed by atoms with Crippen molar-refractivity contribution < 1.29 is 19.2 Å². The lowest BCUT2D eigenvalue weighted by Gasteiger charge is -2.18. The first-order valence-corrected chi connectivity index (χ1v) is 16.4. The van der Waals surface area contributed by atoms with E-state index in [4.69, 9.17) is 28.7 Å². The van der Waals surface area contributed by atoms with Crippen LogP contribution in [0.2, 0.25) is 0 Å². The minimum absolute atomic E-state index is 0.0584. The van der Waals surface area contributed by atoms with Crippen LogP contribution in [0.3, 0.4) is 0 Å². The molecular weight excluding hydrogens is 550 g/mol. The first kappa shape index (κ1) is 45.1. The van der Waals surface area contributed by atoms with E-state index in [1.54, 1.807) is 0 Å². The second kappa shape index (κ2) is 35.9. The van der Waals surface area contributed by atoms with Crippen molar-refractivity contribution in [3.05, 3.63) is 0 Å². The molecule has 0 aliphatic heterocycles. The maximum absolute atomic E-state index is 12.2. The first-order valence-electron chi connectivity index (χ1n) is 16.4. The van der Waals surface area contributed by atoms with Crippen LogP contribution in [-0.2, 0) is 19.2 Å². The Hall–Kier alpha value is -2.32. The molecule has 256 valence electrons. The zero-order chi connectivity index (χ0) is 33.1. The molecule has 0 bridgehead atoms. The molecule has 0 saturated carbocycles. The highest BCUT2D eigenvalue weighted by Gasteiger charge is 2.19. The van der Waals surface area contributed by atoms with Crippen LogP contribution in [0.4, 0.5) is 0 Å². The largest absolute Gasteiger partial charge is 0.356 e. The Morgan fingerprint density at radius 3 is 1.53 bits per heavy atom. The summed E-state index contributed by atoms with van der Waals surface area (Å²) in [6.45, 7) is 10.1. The van der Waals surface area contributed by atoms with Gasteiger partial charge in [0, 0.05) is 32.5 Å². The van der Waals surface area contributed by atoms with Gasteiger partial charge in [-0.15, -0.1) is 0 Å². The number of nitrogens with two attached hydrogens (primary N) is 5. The number of unbranched alkanes of at least 4 members (excludes halogenated alkanes) is 6. The van der Waals surface area contributed by atoms with Gasteiger partial charge in [-0.2, -0.15) is 0 Å². The van der Waals surface area contributed by atoms with Gasteiger partial charge in [0.15, 0.2) is 0 Å². The Balaban J connectivity index is -0.000000882. The van der Waals surface area contributed by atoms with Gasteiger partial charge in [0.2, 0.25) is 23.6 Å². The minimum Gasteiger partial charge on any atom is -0.356 e. The molecule has 0 aliphatic carbocycles. The number of carbonyl (C=O) groups is 4. The van der Waals surface area contributed by atoms with Crippen LogP contribution in [0.15, 0.2) is 0 Å². The van der Waals surface area contributed by atoms with E-state index in [1.807, 2.05) is 20.8 Å². The lowest BCUT2D eigenvalue weighted by molar-refractivity contribution is -0.129. The number of hydrogen-bond acceptors (Lipinski definition) is 9. The van der Waals surface area contributed by atoms with Crippen LogP contribution in [0.1, 0.15) is 111 Å². The first-order chi connectivity index (χ1) is 20.7. The van der Waals surface area contributed by atoms with E-state index in [0.29, 0.717) is 58.5 Å². The Kier molecular flexibility index (Phi) is 37.6. The zero-order valence-corrected chi connectivity index (χ0v) is 27.5. The quantitative estimate of drug-likeness (QED) is 0.0682. The highest BCUT2D eigenvalue weighted by atomic mass is 16.2. The van der Waals surface area contributed by atoms with E-state index < -0.39 is 6.04 Å². The fraction of sp³-hybridized carbons (Fsp3) is 0.867. The van der Waals surface area contributed by atoms with Crippen LogP contribution < -0.4 is 49.9 Å². The van der Waals surface area contributed by atoms with E-state index in [2.05, 4.69) is 21.3 Å². The molecule has 14 N–H and O–H groups in total. The Labute approximate surface area is 261 Å². The van der Waals surface area contributed by atoms with Crippen molar-refractivity contribution in [2.45, 2.75) is 123 Å². The van der Waals surface area contributed by atoms with E-state index in [9.17, 15) is 19.2 Å². The molecule has 4 amide bonds. The standard InChI is InChI=1S/C20H41N5O3.C8H19N3O.C2H7N/c1-2-23-20(28)17(25-19(27)13-6-4-9-15-22)11-7-10-16-24-18(26)12-5-3-8-14-21;1-2-11-8(12)7(10)5-3-4-6-9;1-2-3/h17H,2-16,21-22H2,1H3,(H,23,28)(H,24,26)(H,25,27);7H,2-6,9-10H2,1H3,(H,11,12);2-3H2,1H3. The van der Waals surface area contributed by atoms with Crippen molar-refractivity contribution in [3.8, 4) is 0 Å². The van der Waals surface area contributed by atoms with E-state index >= 15 is 0 Å². The smallest absolute Gasteiger partial charge is 0.242 e. The highest BCUT2D eigenvalue weighted by Crippen LogP contribution is 2.05. The molecule has 13 nitrogen and oxygen atoms in total. The van der Waals surface area contributed by atoms with E-state index in [0.717, 1.165) is 77.2 Å². The molecule has 0 heterocycles. The lowest BCUT2D eigenvalue weighted by Crippen LogP contribution is -2.46. The maximum Gasteiger partial charge on any atom is 0.242 e. The molecule has 0 saturated heterocycles. The number of rotatable bonds is 24. The van der Waals surface area contributed by atoms with Gasteiger partial charge in [-0.1, -0.05) is 26.2 Å². The van der Waals surface area contributed by atoms with Crippen molar-refractivity contribution in [2.24, 2.45) is 28.7 Å². The fourth-order valence-corrected chi connectivity index (χ4v) is 3.78. The summed E-state index contributed by atoms with van der Waals surface area (Å²) >= 11 is 0. The number of carbonyl (C=O) groups excluding carboxylic acids is 4. The van der Waals surface area contributed by atoms with Gasteiger partial charge in [0.25, 0.3) is 0 Å². The molecule has 0 aliphatic rings. The van der Waals surface area contributed by atoms with Gasteiger partial charge in [0.1, 0.15) is 6.04 Å². The molecule has 2 atom stereocenters. The summed E-state index contributed by atoms with van der Waals surface area (Å²) in [5.74, 6) is -0.251. The molecule has 0 rings (SSSR count).